The van der Waals surface area contributed by atoms with Gasteiger partial charge in [-0.15, -0.1) is 11.8 Å². The topological polar surface area (TPSA) is 58.6 Å². The molecule has 0 aromatic heterocycles. The van der Waals surface area contributed by atoms with Crippen molar-refractivity contribution in [3.63, 3.8) is 0 Å². The molecule has 156 valence electrons. The van der Waals surface area contributed by atoms with Crippen molar-refractivity contribution >= 4 is 29.3 Å². The average molecular weight is 415 g/mol. The van der Waals surface area contributed by atoms with Crippen molar-refractivity contribution in [2.75, 3.05) is 24.7 Å². The first-order valence-corrected chi connectivity index (χ1v) is 10.8. The number of hydrogen-bond acceptors (Lipinski definition) is 4. The molecule has 2 amide bonds. The molecule has 2 aromatic carbocycles. The molecule has 5 nitrogen and oxygen atoms in total. The van der Waals surface area contributed by atoms with E-state index in [1.165, 1.54) is 11.8 Å². The van der Waals surface area contributed by atoms with Crippen molar-refractivity contribution in [1.82, 2.24) is 4.90 Å². The number of thioether (sulfide) groups is 1. The van der Waals surface area contributed by atoms with E-state index in [9.17, 15) is 9.59 Å². The lowest BCUT2D eigenvalue weighted by Gasteiger charge is -2.28. The number of carbonyl (C=O) groups excluding carboxylic acids is 2. The van der Waals surface area contributed by atoms with E-state index in [0.717, 1.165) is 33.9 Å². The molecular formula is C23H30N2O3S. The molecule has 0 saturated carbocycles. The van der Waals surface area contributed by atoms with E-state index in [2.05, 4.69) is 5.32 Å². The molecule has 29 heavy (non-hydrogen) atoms. The summed E-state index contributed by atoms with van der Waals surface area (Å²) >= 11 is 1.46. The number of methoxy groups -OCH3 is 1. The van der Waals surface area contributed by atoms with Crippen LogP contribution in [0.1, 0.15) is 31.4 Å². The Morgan fingerprint density at radius 1 is 1.14 bits per heavy atom. The second-order valence-electron chi connectivity index (χ2n) is 7.04. The highest BCUT2D eigenvalue weighted by Gasteiger charge is 2.22. The van der Waals surface area contributed by atoms with Gasteiger partial charge in [-0.05, 0) is 68.7 Å². The first-order valence-electron chi connectivity index (χ1n) is 9.78. The molecule has 6 heteroatoms. The van der Waals surface area contributed by atoms with Crippen molar-refractivity contribution in [3.8, 4) is 5.75 Å². The van der Waals surface area contributed by atoms with Crippen molar-refractivity contribution in [3.05, 3.63) is 53.6 Å². The lowest BCUT2D eigenvalue weighted by molar-refractivity contribution is -0.134. The molecule has 0 spiro atoms. The largest absolute Gasteiger partial charge is 0.497 e. The minimum absolute atomic E-state index is 0.0108. The van der Waals surface area contributed by atoms with Gasteiger partial charge in [0.05, 0.1) is 12.9 Å². The van der Waals surface area contributed by atoms with E-state index in [-0.39, 0.29) is 30.2 Å². The number of amides is 2. The first kappa shape index (κ1) is 22.8. The lowest BCUT2D eigenvalue weighted by Crippen LogP contribution is -2.44. The third kappa shape index (κ3) is 6.53. The third-order valence-corrected chi connectivity index (χ3v) is 6.05. The van der Waals surface area contributed by atoms with Crippen LogP contribution in [0.5, 0.6) is 5.75 Å². The number of rotatable bonds is 9. The fourth-order valence-corrected chi connectivity index (χ4v) is 3.63. The molecule has 0 radical (unpaired) electrons. The predicted molar refractivity (Wildman–Crippen MR) is 120 cm³/mol. The Kier molecular flexibility index (Phi) is 8.58. The highest BCUT2D eigenvalue weighted by atomic mass is 32.2. The molecule has 0 aliphatic rings. The minimum Gasteiger partial charge on any atom is -0.497 e. The van der Waals surface area contributed by atoms with Crippen LogP contribution in [-0.4, -0.2) is 42.2 Å². The van der Waals surface area contributed by atoms with E-state index in [1.807, 2.05) is 70.2 Å². The van der Waals surface area contributed by atoms with E-state index in [1.54, 1.807) is 12.0 Å². The summed E-state index contributed by atoms with van der Waals surface area (Å²) in [5, 5.41) is 2.95. The van der Waals surface area contributed by atoms with Crippen LogP contribution >= 0.6 is 11.8 Å². The standard InChI is InChI=1S/C23H30N2O3S/c1-6-17(3)25(14-22(26)24-21-9-7-8-16(2)18(21)4)23(27)15-29-20-12-10-19(28-5)11-13-20/h7-13,17H,6,14-15H2,1-5H3,(H,24,26)/t17-/m1/s1. The first-order chi connectivity index (χ1) is 13.8. The van der Waals surface area contributed by atoms with Gasteiger partial charge >= 0.3 is 0 Å². The maximum atomic E-state index is 12.8. The third-order valence-electron chi connectivity index (χ3n) is 5.06. The molecule has 0 aliphatic heterocycles. The SMILES string of the molecule is CC[C@@H](C)N(CC(=O)Nc1cccc(C)c1C)C(=O)CSc1ccc(OC)cc1. The van der Waals surface area contributed by atoms with Gasteiger partial charge in [0.15, 0.2) is 0 Å². The van der Waals surface area contributed by atoms with Crippen LogP contribution in [0.2, 0.25) is 0 Å². The van der Waals surface area contributed by atoms with Crippen LogP contribution in [0.3, 0.4) is 0 Å². The Labute approximate surface area is 177 Å². The number of hydrogen-bond donors (Lipinski definition) is 1. The number of nitrogens with zero attached hydrogens (tertiary/aromatic N) is 1. The number of anilines is 1. The average Bonchev–Trinajstić information content (AvgIpc) is 2.73. The smallest absolute Gasteiger partial charge is 0.244 e. The molecule has 2 aromatic rings. The van der Waals surface area contributed by atoms with Gasteiger partial charge in [-0.2, -0.15) is 0 Å². The maximum Gasteiger partial charge on any atom is 0.244 e. The van der Waals surface area contributed by atoms with E-state index >= 15 is 0 Å². The van der Waals surface area contributed by atoms with Crippen LogP contribution in [0.15, 0.2) is 47.4 Å². The summed E-state index contributed by atoms with van der Waals surface area (Å²) in [6, 6.07) is 13.4. The summed E-state index contributed by atoms with van der Waals surface area (Å²) in [6.07, 6.45) is 0.787. The zero-order chi connectivity index (χ0) is 21.4. The number of carbonyl (C=O) groups is 2. The van der Waals surface area contributed by atoms with Gasteiger partial charge in [0.1, 0.15) is 12.3 Å². The van der Waals surface area contributed by atoms with Crippen molar-refractivity contribution < 1.29 is 14.3 Å². The van der Waals surface area contributed by atoms with Gasteiger partial charge in [-0.1, -0.05) is 19.1 Å². The highest BCUT2D eigenvalue weighted by Crippen LogP contribution is 2.22. The molecule has 1 N–H and O–H groups in total. The van der Waals surface area contributed by atoms with Gasteiger partial charge in [0, 0.05) is 16.6 Å². The van der Waals surface area contributed by atoms with Crippen LogP contribution < -0.4 is 10.1 Å². The Bertz CT molecular complexity index is 837. The predicted octanol–water partition coefficient (Wildman–Crippen LogP) is 4.67. The summed E-state index contributed by atoms with van der Waals surface area (Å²) < 4.78 is 5.16. The van der Waals surface area contributed by atoms with Gasteiger partial charge < -0.3 is 15.0 Å². The molecule has 0 saturated heterocycles. The summed E-state index contributed by atoms with van der Waals surface area (Å²) in [4.78, 5) is 28.1. The molecule has 2 rings (SSSR count). The molecule has 1 atom stereocenters. The monoisotopic (exact) mass is 414 g/mol. The maximum absolute atomic E-state index is 12.8. The Hall–Kier alpha value is -2.47. The quantitative estimate of drug-likeness (QED) is 0.606. The number of benzene rings is 2. The van der Waals surface area contributed by atoms with Gasteiger partial charge in [-0.3, -0.25) is 9.59 Å². The number of aryl methyl sites for hydroxylation is 1. The number of ether oxygens (including phenoxy) is 1. The van der Waals surface area contributed by atoms with Crippen molar-refractivity contribution in [2.45, 2.75) is 45.1 Å². The summed E-state index contributed by atoms with van der Waals surface area (Å²) in [7, 11) is 1.62. The van der Waals surface area contributed by atoms with Crippen LogP contribution in [0.4, 0.5) is 5.69 Å². The molecule has 0 fully saturated rings. The van der Waals surface area contributed by atoms with Crippen LogP contribution in [0.25, 0.3) is 0 Å². The lowest BCUT2D eigenvalue weighted by atomic mass is 10.1. The van der Waals surface area contributed by atoms with Crippen molar-refractivity contribution in [2.24, 2.45) is 0 Å². The van der Waals surface area contributed by atoms with Crippen molar-refractivity contribution in [1.29, 1.82) is 0 Å². The van der Waals surface area contributed by atoms with E-state index < -0.39 is 0 Å². The minimum atomic E-state index is -0.179. The second-order valence-corrected chi connectivity index (χ2v) is 8.09. The highest BCUT2D eigenvalue weighted by molar-refractivity contribution is 8.00. The van der Waals surface area contributed by atoms with Gasteiger partial charge in [-0.25, -0.2) is 0 Å². The molecule has 0 heterocycles. The number of nitrogens with one attached hydrogen (secondary N) is 1. The van der Waals surface area contributed by atoms with Crippen LogP contribution in [-0.2, 0) is 9.59 Å². The summed E-state index contributed by atoms with van der Waals surface area (Å²) in [6.45, 7) is 8.03. The summed E-state index contributed by atoms with van der Waals surface area (Å²) in [5.41, 5.74) is 2.95. The zero-order valence-corrected chi connectivity index (χ0v) is 18.6. The molecular weight excluding hydrogens is 384 g/mol. The van der Waals surface area contributed by atoms with Gasteiger partial charge in [0.25, 0.3) is 0 Å². The molecule has 0 aliphatic carbocycles. The summed E-state index contributed by atoms with van der Waals surface area (Å²) in [5.74, 6) is 0.844. The van der Waals surface area contributed by atoms with Gasteiger partial charge in [0.2, 0.25) is 11.8 Å². The van der Waals surface area contributed by atoms with E-state index in [0.29, 0.717) is 0 Å². The van der Waals surface area contributed by atoms with E-state index in [4.69, 9.17) is 4.74 Å². The fraction of sp³-hybridized carbons (Fsp3) is 0.391. The Morgan fingerprint density at radius 2 is 1.83 bits per heavy atom. The molecule has 0 unspecified atom stereocenters. The second kappa shape index (κ2) is 10.9. The Morgan fingerprint density at radius 3 is 2.45 bits per heavy atom. The Balaban J connectivity index is 2.00. The normalized spacial score (nSPS) is 11.6. The van der Waals surface area contributed by atoms with Crippen LogP contribution in [0, 0.1) is 13.8 Å². The fourth-order valence-electron chi connectivity index (χ4n) is 2.84. The zero-order valence-electron chi connectivity index (χ0n) is 17.8. The molecule has 0 bridgehead atoms.